The van der Waals surface area contributed by atoms with Gasteiger partial charge in [0.2, 0.25) is 5.91 Å². The van der Waals surface area contributed by atoms with Crippen molar-refractivity contribution in [2.45, 2.75) is 55.7 Å². The number of nitrogens with zero attached hydrogens (tertiary/aromatic N) is 2. The third-order valence-corrected chi connectivity index (χ3v) is 6.02. The Morgan fingerprint density at radius 1 is 1.21 bits per heavy atom. The van der Waals surface area contributed by atoms with Gasteiger partial charge in [0.15, 0.2) is 0 Å². The molecular formula is C22H23N3O3S. The first-order chi connectivity index (χ1) is 14.0. The van der Waals surface area contributed by atoms with Crippen molar-refractivity contribution in [1.82, 2.24) is 4.98 Å². The minimum Gasteiger partial charge on any atom is -0.478 e. The molecule has 0 saturated heterocycles. The van der Waals surface area contributed by atoms with Gasteiger partial charge in [-0.3, -0.25) is 4.79 Å². The number of fused-ring (bicyclic) bond motifs is 1. The first-order valence-corrected chi connectivity index (χ1v) is 10.6. The maximum atomic E-state index is 12.6. The van der Waals surface area contributed by atoms with E-state index in [-0.39, 0.29) is 11.5 Å². The molecule has 1 amide bonds. The van der Waals surface area contributed by atoms with Crippen molar-refractivity contribution < 1.29 is 14.7 Å². The van der Waals surface area contributed by atoms with Crippen molar-refractivity contribution in [2.75, 3.05) is 5.32 Å². The largest absolute Gasteiger partial charge is 0.478 e. The lowest BCUT2D eigenvalue weighted by Crippen LogP contribution is -2.23. The molecule has 150 valence electrons. The van der Waals surface area contributed by atoms with Gasteiger partial charge in [-0.15, -0.1) is 0 Å². The van der Waals surface area contributed by atoms with Crippen LogP contribution in [0.1, 0.15) is 59.8 Å². The van der Waals surface area contributed by atoms with Crippen LogP contribution in [0.4, 0.5) is 5.69 Å². The third-order valence-electron chi connectivity index (χ3n) is 4.92. The van der Waals surface area contributed by atoms with E-state index in [1.807, 2.05) is 6.07 Å². The second kappa shape index (κ2) is 9.57. The zero-order valence-corrected chi connectivity index (χ0v) is 17.1. The number of carbonyl (C=O) groups excluding carboxylic acids is 1. The van der Waals surface area contributed by atoms with Gasteiger partial charge in [-0.1, -0.05) is 30.7 Å². The van der Waals surface area contributed by atoms with Gasteiger partial charge in [0, 0.05) is 11.4 Å². The van der Waals surface area contributed by atoms with E-state index in [4.69, 9.17) is 10.1 Å². The molecule has 7 heteroatoms. The van der Waals surface area contributed by atoms with E-state index in [1.54, 1.807) is 19.1 Å². The Labute approximate surface area is 174 Å². The van der Waals surface area contributed by atoms with Crippen LogP contribution in [0.5, 0.6) is 0 Å². The summed E-state index contributed by atoms with van der Waals surface area (Å²) < 4.78 is 0. The summed E-state index contributed by atoms with van der Waals surface area (Å²) in [5.74, 6) is -1.32. The summed E-state index contributed by atoms with van der Waals surface area (Å²) in [6, 6.07) is 10.3. The van der Waals surface area contributed by atoms with Crippen LogP contribution >= 0.6 is 11.8 Å². The fraction of sp³-hybridized carbons (Fsp3) is 0.364. The molecule has 0 fully saturated rings. The Balaban J connectivity index is 1.75. The Bertz CT molecular complexity index is 968. The zero-order valence-electron chi connectivity index (χ0n) is 16.3. The fourth-order valence-electron chi connectivity index (χ4n) is 3.33. The Morgan fingerprint density at radius 2 is 1.97 bits per heavy atom. The number of carboxylic acids is 1. The van der Waals surface area contributed by atoms with Crippen LogP contribution in [0.2, 0.25) is 0 Å². The molecule has 0 bridgehead atoms. The second-order valence-electron chi connectivity index (χ2n) is 7.11. The Hall–Kier alpha value is -2.85. The van der Waals surface area contributed by atoms with Gasteiger partial charge in [-0.2, -0.15) is 5.26 Å². The van der Waals surface area contributed by atoms with Crippen molar-refractivity contribution in [1.29, 1.82) is 5.26 Å². The molecule has 1 aromatic carbocycles. The first-order valence-electron chi connectivity index (χ1n) is 9.71. The monoisotopic (exact) mass is 409 g/mol. The molecule has 1 unspecified atom stereocenters. The quantitative estimate of drug-likeness (QED) is 0.708. The molecule has 1 aliphatic rings. The molecule has 1 heterocycles. The van der Waals surface area contributed by atoms with Gasteiger partial charge < -0.3 is 10.4 Å². The number of aromatic nitrogens is 1. The molecule has 0 saturated carbocycles. The molecule has 2 aromatic rings. The normalized spacial score (nSPS) is 14.6. The molecule has 1 aromatic heterocycles. The maximum absolute atomic E-state index is 12.6. The number of nitriles is 1. The number of amides is 1. The summed E-state index contributed by atoms with van der Waals surface area (Å²) in [5, 5.41) is 21.5. The molecule has 1 atom stereocenters. The van der Waals surface area contributed by atoms with Gasteiger partial charge >= 0.3 is 5.97 Å². The van der Waals surface area contributed by atoms with Gasteiger partial charge in [0.1, 0.15) is 11.1 Å². The Kier molecular flexibility index (Phi) is 6.89. The number of anilines is 1. The van der Waals surface area contributed by atoms with Gasteiger partial charge in [0.25, 0.3) is 0 Å². The highest BCUT2D eigenvalue weighted by atomic mass is 32.2. The molecule has 0 aliphatic heterocycles. The smallest absolute Gasteiger partial charge is 0.335 e. The third kappa shape index (κ3) is 5.36. The van der Waals surface area contributed by atoms with Crippen molar-refractivity contribution in [2.24, 2.45) is 0 Å². The number of aryl methyl sites for hydroxylation is 2. The predicted octanol–water partition coefficient (Wildman–Crippen LogP) is 4.43. The summed E-state index contributed by atoms with van der Waals surface area (Å²) in [6.07, 6.45) is 6.44. The van der Waals surface area contributed by atoms with E-state index in [2.05, 4.69) is 11.4 Å². The Morgan fingerprint density at radius 3 is 2.69 bits per heavy atom. The van der Waals surface area contributed by atoms with Gasteiger partial charge in [-0.25, -0.2) is 9.78 Å². The number of pyridine rings is 1. The minimum absolute atomic E-state index is 0.109. The molecular weight excluding hydrogens is 386 g/mol. The van der Waals surface area contributed by atoms with Crippen molar-refractivity contribution in [3.05, 3.63) is 52.7 Å². The van der Waals surface area contributed by atoms with Crippen molar-refractivity contribution in [3.8, 4) is 6.07 Å². The molecule has 2 N–H and O–H groups in total. The molecule has 29 heavy (non-hydrogen) atoms. The van der Waals surface area contributed by atoms with Crippen LogP contribution in [0.15, 0.2) is 35.4 Å². The number of aromatic carboxylic acids is 1. The average molecular weight is 410 g/mol. The lowest BCUT2D eigenvalue weighted by atomic mass is 9.96. The average Bonchev–Trinajstić information content (AvgIpc) is 2.69. The number of carboxylic acid groups (broad SMARTS) is 1. The van der Waals surface area contributed by atoms with E-state index in [0.717, 1.165) is 36.9 Å². The van der Waals surface area contributed by atoms with E-state index < -0.39 is 11.2 Å². The zero-order chi connectivity index (χ0) is 20.8. The van der Waals surface area contributed by atoms with Crippen LogP contribution in [0.3, 0.4) is 0 Å². The SMILES string of the molecule is CC(Sc1nc2c(cc1C#N)CCCCCC2)C(=O)Nc1cccc(C(=O)O)c1. The van der Waals surface area contributed by atoms with E-state index in [0.29, 0.717) is 16.3 Å². The van der Waals surface area contributed by atoms with Gasteiger partial charge in [-0.05, 0) is 62.4 Å². The predicted molar refractivity (Wildman–Crippen MR) is 112 cm³/mol. The molecule has 0 spiro atoms. The summed E-state index contributed by atoms with van der Waals surface area (Å²) in [7, 11) is 0. The minimum atomic E-state index is -1.05. The summed E-state index contributed by atoms with van der Waals surface area (Å²) in [4.78, 5) is 28.4. The first kappa shape index (κ1) is 20.9. The molecule has 1 aliphatic carbocycles. The number of hydrogen-bond donors (Lipinski definition) is 2. The molecule has 6 nitrogen and oxygen atoms in total. The standard InChI is InChI=1S/C22H23N3O3S/c1-14(20(26)24-18-9-6-8-16(12-18)22(27)28)29-21-17(13-23)11-15-7-4-2-3-5-10-19(15)25-21/h6,8-9,11-12,14H,2-5,7,10H2,1H3,(H,24,26)(H,27,28). The maximum Gasteiger partial charge on any atom is 0.335 e. The summed E-state index contributed by atoms with van der Waals surface area (Å²) >= 11 is 1.26. The molecule has 3 rings (SSSR count). The van der Waals surface area contributed by atoms with Gasteiger partial charge in [0.05, 0.1) is 16.4 Å². The fourth-order valence-corrected chi connectivity index (χ4v) is 4.23. The number of hydrogen-bond acceptors (Lipinski definition) is 5. The van der Waals surface area contributed by atoms with Crippen LogP contribution < -0.4 is 5.32 Å². The number of nitrogens with one attached hydrogen (secondary N) is 1. The number of rotatable bonds is 5. The highest BCUT2D eigenvalue weighted by Gasteiger charge is 2.20. The number of thioether (sulfide) groups is 1. The second-order valence-corrected chi connectivity index (χ2v) is 8.44. The molecule has 0 radical (unpaired) electrons. The number of carbonyl (C=O) groups is 2. The topological polar surface area (TPSA) is 103 Å². The van der Waals surface area contributed by atoms with E-state index in [1.165, 1.54) is 36.7 Å². The van der Waals surface area contributed by atoms with E-state index >= 15 is 0 Å². The van der Waals surface area contributed by atoms with E-state index in [9.17, 15) is 14.9 Å². The summed E-state index contributed by atoms with van der Waals surface area (Å²) in [6.45, 7) is 1.75. The highest BCUT2D eigenvalue weighted by molar-refractivity contribution is 8.00. The van der Waals surface area contributed by atoms with Crippen LogP contribution in [0, 0.1) is 11.3 Å². The lowest BCUT2D eigenvalue weighted by molar-refractivity contribution is -0.115. The van der Waals surface area contributed by atoms with Crippen LogP contribution in [-0.4, -0.2) is 27.2 Å². The van der Waals surface area contributed by atoms with Crippen molar-refractivity contribution in [3.63, 3.8) is 0 Å². The lowest BCUT2D eigenvalue weighted by Gasteiger charge is -2.17. The summed E-state index contributed by atoms with van der Waals surface area (Å²) in [5.41, 5.74) is 3.22. The van der Waals surface area contributed by atoms with Crippen molar-refractivity contribution >= 4 is 29.3 Å². The number of benzene rings is 1. The highest BCUT2D eigenvalue weighted by Crippen LogP contribution is 2.29. The van der Waals surface area contributed by atoms with Crippen LogP contribution in [0.25, 0.3) is 0 Å². The van der Waals surface area contributed by atoms with Crippen LogP contribution in [-0.2, 0) is 17.6 Å².